The lowest BCUT2D eigenvalue weighted by Gasteiger charge is -2.25. The second kappa shape index (κ2) is 7.68. The van der Waals surface area contributed by atoms with Gasteiger partial charge in [-0.25, -0.2) is 4.39 Å². The van der Waals surface area contributed by atoms with Gasteiger partial charge in [-0.15, -0.1) is 0 Å². The zero-order valence-corrected chi connectivity index (χ0v) is 12.3. The van der Waals surface area contributed by atoms with Gasteiger partial charge >= 0.3 is 5.97 Å². The fourth-order valence-corrected chi connectivity index (χ4v) is 1.87. The van der Waals surface area contributed by atoms with Crippen molar-refractivity contribution in [2.24, 2.45) is 0 Å². The minimum Gasteiger partial charge on any atom is -0.465 e. The highest BCUT2D eigenvalue weighted by Crippen LogP contribution is 2.22. The maximum Gasteiger partial charge on any atom is 0.320 e. The van der Waals surface area contributed by atoms with Crippen LogP contribution >= 0.6 is 0 Å². The minimum absolute atomic E-state index is 0.000819. The van der Waals surface area contributed by atoms with Crippen molar-refractivity contribution in [1.29, 1.82) is 0 Å². The Hall–Kier alpha value is -2.02. The molecular formula is C14H19FN2O4. The molecule has 7 heteroatoms. The number of rotatable bonds is 7. The minimum atomic E-state index is -0.558. The van der Waals surface area contributed by atoms with Gasteiger partial charge in [0.05, 0.1) is 18.1 Å². The molecule has 0 aliphatic heterocycles. The van der Waals surface area contributed by atoms with Gasteiger partial charge in [0.1, 0.15) is 5.82 Å². The third kappa shape index (κ3) is 5.11. The standard InChI is InChI=1S/C14H19FN2O4/c1-4-21-14(18)9-16(10(2)3)8-11-7-12(15)5-6-13(11)17(19)20/h5-7,10H,4,8-9H2,1-3H3. The molecule has 0 bridgehead atoms. The monoisotopic (exact) mass is 298 g/mol. The number of carbonyl (C=O) groups is 1. The average Bonchev–Trinajstić information content (AvgIpc) is 2.37. The fourth-order valence-electron chi connectivity index (χ4n) is 1.87. The van der Waals surface area contributed by atoms with E-state index >= 15 is 0 Å². The molecule has 0 atom stereocenters. The first kappa shape index (κ1) is 17.0. The van der Waals surface area contributed by atoms with Crippen molar-refractivity contribution in [3.63, 3.8) is 0 Å². The van der Waals surface area contributed by atoms with Crippen LogP contribution in [0.5, 0.6) is 0 Å². The van der Waals surface area contributed by atoms with Crippen molar-refractivity contribution >= 4 is 11.7 Å². The van der Waals surface area contributed by atoms with Gasteiger partial charge in [-0.2, -0.15) is 0 Å². The molecule has 0 aromatic heterocycles. The molecule has 116 valence electrons. The highest BCUT2D eigenvalue weighted by molar-refractivity contribution is 5.71. The first-order valence-corrected chi connectivity index (χ1v) is 6.67. The molecule has 1 rings (SSSR count). The predicted octanol–water partition coefficient (Wildman–Crippen LogP) is 2.51. The van der Waals surface area contributed by atoms with Gasteiger partial charge in [0, 0.05) is 24.2 Å². The van der Waals surface area contributed by atoms with Crippen LogP contribution in [0.25, 0.3) is 0 Å². The van der Waals surface area contributed by atoms with E-state index in [-0.39, 0.29) is 37.0 Å². The van der Waals surface area contributed by atoms with Crippen LogP contribution in [-0.4, -0.2) is 35.0 Å². The molecule has 21 heavy (non-hydrogen) atoms. The summed E-state index contributed by atoms with van der Waals surface area (Å²) in [7, 11) is 0. The summed E-state index contributed by atoms with van der Waals surface area (Å²) < 4.78 is 18.2. The topological polar surface area (TPSA) is 72.7 Å². The number of ether oxygens (including phenoxy) is 1. The molecule has 0 fully saturated rings. The fraction of sp³-hybridized carbons (Fsp3) is 0.500. The van der Waals surface area contributed by atoms with Crippen molar-refractivity contribution in [3.05, 3.63) is 39.7 Å². The first-order valence-electron chi connectivity index (χ1n) is 6.67. The summed E-state index contributed by atoms with van der Waals surface area (Å²) >= 11 is 0. The van der Waals surface area contributed by atoms with Crippen LogP contribution in [0.1, 0.15) is 26.3 Å². The van der Waals surface area contributed by atoms with Crippen LogP contribution in [0, 0.1) is 15.9 Å². The summed E-state index contributed by atoms with van der Waals surface area (Å²) in [5.74, 6) is -0.958. The Balaban J connectivity index is 2.96. The molecule has 1 aromatic rings. The largest absolute Gasteiger partial charge is 0.465 e. The van der Waals surface area contributed by atoms with Gasteiger partial charge in [-0.1, -0.05) is 0 Å². The summed E-state index contributed by atoms with van der Waals surface area (Å²) in [5.41, 5.74) is 0.0731. The molecule has 0 amide bonds. The van der Waals surface area contributed by atoms with E-state index in [2.05, 4.69) is 0 Å². The molecule has 0 saturated heterocycles. The summed E-state index contributed by atoms with van der Waals surface area (Å²) in [5, 5.41) is 11.0. The third-order valence-corrected chi connectivity index (χ3v) is 2.98. The molecule has 0 saturated carbocycles. The molecule has 0 aliphatic carbocycles. The molecule has 0 radical (unpaired) electrons. The lowest BCUT2D eigenvalue weighted by atomic mass is 10.1. The summed E-state index contributed by atoms with van der Waals surface area (Å²) in [6, 6.07) is 3.26. The molecule has 0 heterocycles. The Kier molecular flexibility index (Phi) is 6.23. The van der Waals surface area contributed by atoms with E-state index in [0.29, 0.717) is 0 Å². The summed E-state index contributed by atoms with van der Waals surface area (Å²) in [4.78, 5) is 23.7. The number of benzene rings is 1. The van der Waals surface area contributed by atoms with Crippen molar-refractivity contribution in [2.75, 3.05) is 13.2 Å². The van der Waals surface area contributed by atoms with Crippen LogP contribution in [-0.2, 0) is 16.1 Å². The maximum atomic E-state index is 13.3. The first-order chi connectivity index (χ1) is 9.85. The Bertz CT molecular complexity index is 520. The van der Waals surface area contributed by atoms with Gasteiger partial charge in [-0.3, -0.25) is 19.8 Å². The van der Waals surface area contributed by atoms with Gasteiger partial charge in [0.25, 0.3) is 5.69 Å². The number of halogens is 1. The van der Waals surface area contributed by atoms with Crippen LogP contribution in [0.15, 0.2) is 18.2 Å². The number of carbonyl (C=O) groups excluding carboxylic acids is 1. The Morgan fingerprint density at radius 2 is 2.14 bits per heavy atom. The average molecular weight is 298 g/mol. The second-order valence-corrected chi connectivity index (χ2v) is 4.83. The molecule has 0 spiro atoms. The van der Waals surface area contributed by atoms with Crippen molar-refractivity contribution in [1.82, 2.24) is 4.90 Å². The smallest absolute Gasteiger partial charge is 0.320 e. The highest BCUT2D eigenvalue weighted by Gasteiger charge is 2.21. The van der Waals surface area contributed by atoms with Gasteiger partial charge in [0.15, 0.2) is 0 Å². The molecule has 1 aromatic carbocycles. The quantitative estimate of drug-likeness (QED) is 0.439. The van der Waals surface area contributed by atoms with E-state index in [4.69, 9.17) is 4.74 Å². The van der Waals surface area contributed by atoms with E-state index in [0.717, 1.165) is 18.2 Å². The van der Waals surface area contributed by atoms with E-state index in [9.17, 15) is 19.3 Å². The Morgan fingerprint density at radius 3 is 2.67 bits per heavy atom. The van der Waals surface area contributed by atoms with E-state index < -0.39 is 16.7 Å². The summed E-state index contributed by atoms with van der Waals surface area (Å²) in [6.07, 6.45) is 0. The predicted molar refractivity (Wildman–Crippen MR) is 75.2 cm³/mol. The van der Waals surface area contributed by atoms with Crippen LogP contribution in [0.4, 0.5) is 10.1 Å². The van der Waals surface area contributed by atoms with Crippen LogP contribution < -0.4 is 0 Å². The molecular weight excluding hydrogens is 279 g/mol. The van der Waals surface area contributed by atoms with Crippen LogP contribution in [0.2, 0.25) is 0 Å². The van der Waals surface area contributed by atoms with Crippen molar-refractivity contribution < 1.29 is 18.8 Å². The molecule has 0 aliphatic rings. The SMILES string of the molecule is CCOC(=O)CN(Cc1cc(F)ccc1[N+](=O)[O-])C(C)C. The zero-order chi connectivity index (χ0) is 16.0. The summed E-state index contributed by atoms with van der Waals surface area (Å²) in [6.45, 7) is 5.78. The number of nitro groups is 1. The molecule has 6 nitrogen and oxygen atoms in total. The van der Waals surface area contributed by atoms with Crippen LogP contribution in [0.3, 0.4) is 0 Å². The normalized spacial score (nSPS) is 11.0. The van der Waals surface area contributed by atoms with E-state index in [1.54, 1.807) is 11.8 Å². The zero-order valence-electron chi connectivity index (χ0n) is 12.3. The number of nitro benzene ring substituents is 1. The van der Waals surface area contributed by atoms with Crippen molar-refractivity contribution in [2.45, 2.75) is 33.4 Å². The number of hydrogen-bond acceptors (Lipinski definition) is 5. The lowest BCUT2D eigenvalue weighted by molar-refractivity contribution is -0.385. The van der Waals surface area contributed by atoms with E-state index in [1.165, 1.54) is 0 Å². The van der Waals surface area contributed by atoms with Gasteiger partial charge in [-0.05, 0) is 32.9 Å². The number of nitrogens with zero attached hydrogens (tertiary/aromatic N) is 2. The molecule has 0 N–H and O–H groups in total. The van der Waals surface area contributed by atoms with Gasteiger partial charge < -0.3 is 4.74 Å². The number of esters is 1. The van der Waals surface area contributed by atoms with Gasteiger partial charge in [0.2, 0.25) is 0 Å². The Labute approximate surface area is 122 Å². The molecule has 0 unspecified atom stereocenters. The number of hydrogen-bond donors (Lipinski definition) is 0. The second-order valence-electron chi connectivity index (χ2n) is 4.83. The van der Waals surface area contributed by atoms with E-state index in [1.807, 2.05) is 13.8 Å². The Morgan fingerprint density at radius 1 is 1.48 bits per heavy atom. The lowest BCUT2D eigenvalue weighted by Crippen LogP contribution is -2.36. The third-order valence-electron chi connectivity index (χ3n) is 2.98. The van der Waals surface area contributed by atoms with Crippen molar-refractivity contribution in [3.8, 4) is 0 Å². The highest BCUT2D eigenvalue weighted by atomic mass is 19.1. The maximum absolute atomic E-state index is 13.3.